The third kappa shape index (κ3) is 3.48. The smallest absolute Gasteiger partial charge is 0.261 e. The van der Waals surface area contributed by atoms with Gasteiger partial charge in [-0.3, -0.25) is 4.79 Å². The number of hydrogen-bond acceptors (Lipinski definition) is 4. The Morgan fingerprint density at radius 2 is 2.04 bits per heavy atom. The van der Waals surface area contributed by atoms with Crippen LogP contribution < -0.4 is 4.74 Å². The Kier molecular flexibility index (Phi) is 4.59. The van der Waals surface area contributed by atoms with E-state index in [0.717, 1.165) is 34.6 Å². The van der Waals surface area contributed by atoms with Gasteiger partial charge in [0.15, 0.2) is 6.61 Å². The van der Waals surface area contributed by atoms with Gasteiger partial charge in [0.2, 0.25) is 0 Å². The molecule has 1 aliphatic heterocycles. The summed E-state index contributed by atoms with van der Waals surface area (Å²) in [7, 11) is 0. The average molecular weight is 373 g/mol. The van der Waals surface area contributed by atoms with Crippen LogP contribution in [0.25, 0.3) is 10.2 Å². The highest BCUT2D eigenvalue weighted by molar-refractivity contribution is 7.18. The minimum Gasteiger partial charge on any atom is -0.484 e. The number of thiazole rings is 1. The predicted octanol–water partition coefficient (Wildman–Crippen LogP) is 4.69. The molecule has 128 valence electrons. The van der Waals surface area contributed by atoms with Gasteiger partial charge in [-0.15, -0.1) is 11.3 Å². The maximum Gasteiger partial charge on any atom is 0.261 e. The van der Waals surface area contributed by atoms with Gasteiger partial charge < -0.3 is 9.64 Å². The summed E-state index contributed by atoms with van der Waals surface area (Å²) in [5, 5.41) is 1.66. The zero-order valence-corrected chi connectivity index (χ0v) is 15.1. The molecule has 1 fully saturated rings. The molecular weight excluding hydrogens is 356 g/mol. The fourth-order valence-corrected chi connectivity index (χ4v) is 4.35. The summed E-state index contributed by atoms with van der Waals surface area (Å²) in [5.74, 6) is 0.644. The number of ether oxygens (including phenoxy) is 1. The minimum absolute atomic E-state index is 0.00305. The van der Waals surface area contributed by atoms with Crippen LogP contribution in [0.5, 0.6) is 5.75 Å². The van der Waals surface area contributed by atoms with Gasteiger partial charge in [0, 0.05) is 11.6 Å². The molecule has 1 aliphatic rings. The SMILES string of the molecule is O=C(COc1ccc(Cl)cc1)N1CCCC1c1nc2ccccc2s1. The topological polar surface area (TPSA) is 42.4 Å². The number of fused-ring (bicyclic) bond motifs is 1. The molecule has 0 aliphatic carbocycles. The van der Waals surface area contributed by atoms with E-state index in [1.54, 1.807) is 35.6 Å². The lowest BCUT2D eigenvalue weighted by Gasteiger charge is -2.23. The minimum atomic E-state index is -0.00305. The molecule has 2 aromatic carbocycles. The molecule has 0 saturated carbocycles. The monoisotopic (exact) mass is 372 g/mol. The van der Waals surface area contributed by atoms with Crippen molar-refractivity contribution in [2.75, 3.05) is 13.2 Å². The fourth-order valence-electron chi connectivity index (χ4n) is 3.11. The van der Waals surface area contributed by atoms with Crippen LogP contribution in [0.2, 0.25) is 5.02 Å². The van der Waals surface area contributed by atoms with Crippen molar-refractivity contribution in [2.45, 2.75) is 18.9 Å². The van der Waals surface area contributed by atoms with Crippen LogP contribution >= 0.6 is 22.9 Å². The third-order valence-electron chi connectivity index (χ3n) is 4.34. The second kappa shape index (κ2) is 7.02. The Bertz CT molecular complexity index is 861. The lowest BCUT2D eigenvalue weighted by molar-refractivity contribution is -0.134. The van der Waals surface area contributed by atoms with Crippen LogP contribution in [-0.2, 0) is 4.79 Å². The van der Waals surface area contributed by atoms with Crippen molar-refractivity contribution >= 4 is 39.1 Å². The van der Waals surface area contributed by atoms with Crippen LogP contribution in [0.15, 0.2) is 48.5 Å². The Hall–Kier alpha value is -2.11. The van der Waals surface area contributed by atoms with Crippen molar-refractivity contribution in [3.8, 4) is 5.75 Å². The van der Waals surface area contributed by atoms with E-state index in [0.29, 0.717) is 10.8 Å². The Balaban J connectivity index is 1.46. The van der Waals surface area contributed by atoms with Crippen molar-refractivity contribution < 1.29 is 9.53 Å². The van der Waals surface area contributed by atoms with Crippen LogP contribution in [0.4, 0.5) is 0 Å². The van der Waals surface area contributed by atoms with Gasteiger partial charge >= 0.3 is 0 Å². The maximum atomic E-state index is 12.6. The Labute approximate surface area is 155 Å². The van der Waals surface area contributed by atoms with E-state index >= 15 is 0 Å². The molecule has 1 amide bonds. The molecule has 6 heteroatoms. The highest BCUT2D eigenvalue weighted by Gasteiger charge is 2.32. The van der Waals surface area contributed by atoms with Gasteiger partial charge in [-0.1, -0.05) is 23.7 Å². The molecule has 0 spiro atoms. The maximum absolute atomic E-state index is 12.6. The summed E-state index contributed by atoms with van der Waals surface area (Å²) in [6.07, 6.45) is 1.94. The summed E-state index contributed by atoms with van der Waals surface area (Å²) in [6.45, 7) is 0.784. The van der Waals surface area contributed by atoms with Crippen LogP contribution in [0.3, 0.4) is 0 Å². The zero-order chi connectivity index (χ0) is 17.2. The second-order valence-corrected chi connectivity index (χ2v) is 7.51. The average Bonchev–Trinajstić information content (AvgIpc) is 3.27. The first kappa shape index (κ1) is 16.4. The van der Waals surface area contributed by atoms with E-state index < -0.39 is 0 Å². The van der Waals surface area contributed by atoms with Crippen LogP contribution in [0.1, 0.15) is 23.9 Å². The van der Waals surface area contributed by atoms with E-state index in [1.807, 2.05) is 23.1 Å². The van der Waals surface area contributed by atoms with Crippen molar-refractivity contribution in [1.82, 2.24) is 9.88 Å². The first-order valence-electron chi connectivity index (χ1n) is 8.24. The number of aromatic nitrogens is 1. The van der Waals surface area contributed by atoms with Gasteiger partial charge in [-0.2, -0.15) is 0 Å². The van der Waals surface area contributed by atoms with Crippen LogP contribution in [0, 0.1) is 0 Å². The van der Waals surface area contributed by atoms with E-state index in [9.17, 15) is 4.79 Å². The van der Waals surface area contributed by atoms with Crippen molar-refractivity contribution in [1.29, 1.82) is 0 Å². The molecule has 1 saturated heterocycles. The number of amides is 1. The first-order valence-corrected chi connectivity index (χ1v) is 9.43. The van der Waals surface area contributed by atoms with Crippen molar-refractivity contribution in [3.63, 3.8) is 0 Å². The molecule has 1 atom stereocenters. The molecule has 1 aromatic heterocycles. The van der Waals surface area contributed by atoms with Gasteiger partial charge in [0.25, 0.3) is 5.91 Å². The number of carbonyl (C=O) groups is 1. The molecule has 4 nitrogen and oxygen atoms in total. The quantitative estimate of drug-likeness (QED) is 0.667. The number of hydrogen-bond donors (Lipinski definition) is 0. The summed E-state index contributed by atoms with van der Waals surface area (Å²) in [5.41, 5.74) is 0.999. The van der Waals surface area contributed by atoms with Crippen molar-refractivity contribution in [3.05, 3.63) is 58.6 Å². The number of halogens is 1. The Morgan fingerprint density at radius 1 is 1.24 bits per heavy atom. The number of nitrogens with zero attached hydrogens (tertiary/aromatic N) is 2. The molecule has 2 heterocycles. The second-order valence-electron chi connectivity index (χ2n) is 6.01. The third-order valence-corrected chi connectivity index (χ3v) is 5.73. The molecule has 0 radical (unpaired) electrons. The lowest BCUT2D eigenvalue weighted by Crippen LogP contribution is -2.34. The highest BCUT2D eigenvalue weighted by Crippen LogP contribution is 2.36. The number of benzene rings is 2. The summed E-state index contributed by atoms with van der Waals surface area (Å²) in [4.78, 5) is 19.3. The summed E-state index contributed by atoms with van der Waals surface area (Å²) >= 11 is 7.53. The Morgan fingerprint density at radius 3 is 2.84 bits per heavy atom. The first-order chi connectivity index (χ1) is 12.2. The number of carbonyl (C=O) groups excluding carboxylic acids is 1. The molecule has 0 bridgehead atoms. The number of rotatable bonds is 4. The van der Waals surface area contributed by atoms with E-state index in [-0.39, 0.29) is 18.6 Å². The standard InChI is InChI=1S/C19H17ClN2O2S/c20-13-7-9-14(10-8-13)24-12-18(23)22-11-3-5-16(22)19-21-15-4-1-2-6-17(15)25-19/h1-2,4,6-10,16H,3,5,11-12H2. The summed E-state index contributed by atoms with van der Waals surface area (Å²) in [6, 6.07) is 15.2. The highest BCUT2D eigenvalue weighted by atomic mass is 35.5. The molecule has 3 aromatic rings. The molecule has 1 unspecified atom stereocenters. The lowest BCUT2D eigenvalue weighted by atomic mass is 10.2. The van der Waals surface area contributed by atoms with E-state index in [1.165, 1.54) is 0 Å². The van der Waals surface area contributed by atoms with E-state index in [4.69, 9.17) is 21.3 Å². The number of likely N-dealkylation sites (tertiary alicyclic amines) is 1. The fraction of sp³-hybridized carbons (Fsp3) is 0.263. The molecule has 4 rings (SSSR count). The normalized spacial score (nSPS) is 17.2. The van der Waals surface area contributed by atoms with Crippen LogP contribution in [-0.4, -0.2) is 28.9 Å². The van der Waals surface area contributed by atoms with Gasteiger partial charge in [-0.05, 0) is 49.2 Å². The molecule has 0 N–H and O–H groups in total. The zero-order valence-electron chi connectivity index (χ0n) is 13.5. The van der Waals surface area contributed by atoms with E-state index in [2.05, 4.69) is 6.07 Å². The molecular formula is C19H17ClN2O2S. The van der Waals surface area contributed by atoms with Gasteiger partial charge in [0.1, 0.15) is 10.8 Å². The van der Waals surface area contributed by atoms with Gasteiger partial charge in [-0.25, -0.2) is 4.98 Å². The predicted molar refractivity (Wildman–Crippen MR) is 100 cm³/mol. The number of para-hydroxylation sites is 1. The van der Waals surface area contributed by atoms with Crippen molar-refractivity contribution in [2.24, 2.45) is 0 Å². The molecule has 25 heavy (non-hydrogen) atoms. The summed E-state index contributed by atoms with van der Waals surface area (Å²) < 4.78 is 6.77. The van der Waals surface area contributed by atoms with Gasteiger partial charge in [0.05, 0.1) is 16.3 Å². The largest absolute Gasteiger partial charge is 0.484 e.